The number of methoxy groups -OCH3 is 1. The topological polar surface area (TPSA) is 59.0 Å². The maximum absolute atomic E-state index is 8.98. The first kappa shape index (κ1) is 12.0. The molecule has 0 atom stereocenters. The fourth-order valence-electron chi connectivity index (χ4n) is 1.93. The van der Waals surface area contributed by atoms with Gasteiger partial charge in [0, 0.05) is 11.3 Å². The van der Waals surface area contributed by atoms with Gasteiger partial charge in [-0.3, -0.25) is 0 Å². The molecule has 3 heteroatoms. The number of nitriles is 1. The standard InChI is InChI=1S/C15H14N2O/c1-10-12(4-3-5-14(10)17)13-8-11(9-16)6-7-15(13)18-2/h3-8H,17H2,1-2H3. The summed E-state index contributed by atoms with van der Waals surface area (Å²) in [7, 11) is 1.62. The van der Waals surface area contributed by atoms with Crippen LogP contribution in [0.4, 0.5) is 5.69 Å². The molecule has 3 nitrogen and oxygen atoms in total. The van der Waals surface area contributed by atoms with E-state index >= 15 is 0 Å². The van der Waals surface area contributed by atoms with Crippen LogP contribution in [0.5, 0.6) is 5.75 Å². The number of nitrogens with two attached hydrogens (primary N) is 1. The minimum absolute atomic E-state index is 0.604. The SMILES string of the molecule is COc1ccc(C#N)cc1-c1cccc(N)c1C. The van der Waals surface area contributed by atoms with Crippen molar-refractivity contribution in [2.45, 2.75) is 6.92 Å². The van der Waals surface area contributed by atoms with Crippen LogP contribution in [0.3, 0.4) is 0 Å². The summed E-state index contributed by atoms with van der Waals surface area (Å²) in [5.74, 6) is 0.739. The van der Waals surface area contributed by atoms with Crippen LogP contribution < -0.4 is 10.5 Å². The lowest BCUT2D eigenvalue weighted by Crippen LogP contribution is -1.94. The molecule has 2 aromatic rings. The number of hydrogen-bond acceptors (Lipinski definition) is 3. The largest absolute Gasteiger partial charge is 0.496 e. The molecule has 2 aromatic carbocycles. The molecule has 0 amide bonds. The molecule has 18 heavy (non-hydrogen) atoms. The first-order valence-corrected chi connectivity index (χ1v) is 5.61. The molecular weight excluding hydrogens is 224 g/mol. The van der Waals surface area contributed by atoms with Gasteiger partial charge in [-0.25, -0.2) is 0 Å². The second kappa shape index (κ2) is 4.80. The Labute approximate surface area is 106 Å². The summed E-state index contributed by atoms with van der Waals surface area (Å²) < 4.78 is 5.34. The molecule has 90 valence electrons. The third-order valence-corrected chi connectivity index (χ3v) is 2.99. The van der Waals surface area contributed by atoms with E-state index in [2.05, 4.69) is 6.07 Å². The van der Waals surface area contributed by atoms with Gasteiger partial charge in [0.1, 0.15) is 5.75 Å². The Morgan fingerprint density at radius 1 is 1.17 bits per heavy atom. The first-order valence-electron chi connectivity index (χ1n) is 5.61. The normalized spacial score (nSPS) is 9.83. The van der Waals surface area contributed by atoms with Crippen molar-refractivity contribution in [3.63, 3.8) is 0 Å². The van der Waals surface area contributed by atoms with Gasteiger partial charge in [0.25, 0.3) is 0 Å². The molecule has 0 radical (unpaired) electrons. The van der Waals surface area contributed by atoms with Crippen molar-refractivity contribution in [1.29, 1.82) is 5.26 Å². The minimum atomic E-state index is 0.604. The van der Waals surface area contributed by atoms with Gasteiger partial charge in [0.2, 0.25) is 0 Å². The molecule has 0 spiro atoms. The van der Waals surface area contributed by atoms with Crippen molar-refractivity contribution in [1.82, 2.24) is 0 Å². The predicted octanol–water partition coefficient (Wildman–Crippen LogP) is 3.12. The highest BCUT2D eigenvalue weighted by atomic mass is 16.5. The lowest BCUT2D eigenvalue weighted by Gasteiger charge is -2.12. The number of hydrogen-bond donors (Lipinski definition) is 1. The number of benzene rings is 2. The summed E-state index contributed by atoms with van der Waals surface area (Å²) in [6.07, 6.45) is 0. The summed E-state index contributed by atoms with van der Waals surface area (Å²) in [5.41, 5.74) is 10.1. The van der Waals surface area contributed by atoms with Crippen molar-refractivity contribution in [3.05, 3.63) is 47.5 Å². The zero-order valence-corrected chi connectivity index (χ0v) is 10.4. The number of nitrogen functional groups attached to an aromatic ring is 1. The van der Waals surface area contributed by atoms with Gasteiger partial charge in [0.15, 0.2) is 0 Å². The van der Waals surface area contributed by atoms with E-state index in [-0.39, 0.29) is 0 Å². The van der Waals surface area contributed by atoms with Crippen LogP contribution in [-0.2, 0) is 0 Å². The Bertz CT molecular complexity index is 627. The molecule has 0 saturated heterocycles. The van der Waals surface area contributed by atoms with Crippen LogP contribution in [0, 0.1) is 18.3 Å². The van der Waals surface area contributed by atoms with Crippen LogP contribution in [0.2, 0.25) is 0 Å². The highest BCUT2D eigenvalue weighted by Gasteiger charge is 2.10. The molecule has 0 aliphatic carbocycles. The van der Waals surface area contributed by atoms with Gasteiger partial charge in [0.05, 0.1) is 18.7 Å². The van der Waals surface area contributed by atoms with E-state index in [0.717, 1.165) is 28.1 Å². The molecule has 0 aliphatic rings. The first-order chi connectivity index (χ1) is 8.67. The highest BCUT2D eigenvalue weighted by molar-refractivity contribution is 5.78. The molecule has 0 saturated carbocycles. The maximum Gasteiger partial charge on any atom is 0.126 e. The molecule has 2 rings (SSSR count). The van der Waals surface area contributed by atoms with Crippen molar-refractivity contribution < 1.29 is 4.74 Å². The lowest BCUT2D eigenvalue weighted by molar-refractivity contribution is 0.416. The average molecular weight is 238 g/mol. The molecule has 0 aliphatic heterocycles. The summed E-state index contributed by atoms with van der Waals surface area (Å²) in [4.78, 5) is 0. The fourth-order valence-corrected chi connectivity index (χ4v) is 1.93. The van der Waals surface area contributed by atoms with Crippen molar-refractivity contribution in [2.24, 2.45) is 0 Å². The Kier molecular flexibility index (Phi) is 3.20. The Hall–Kier alpha value is -2.47. The highest BCUT2D eigenvalue weighted by Crippen LogP contribution is 2.34. The zero-order chi connectivity index (χ0) is 13.1. The van der Waals surface area contributed by atoms with Gasteiger partial charge in [-0.1, -0.05) is 12.1 Å². The third-order valence-electron chi connectivity index (χ3n) is 2.99. The molecule has 2 N–H and O–H groups in total. The van der Waals surface area contributed by atoms with E-state index in [1.54, 1.807) is 19.2 Å². The molecule has 0 fully saturated rings. The zero-order valence-electron chi connectivity index (χ0n) is 10.4. The van der Waals surface area contributed by atoms with Crippen LogP contribution in [-0.4, -0.2) is 7.11 Å². The summed E-state index contributed by atoms with van der Waals surface area (Å²) in [6, 6.07) is 13.2. The van der Waals surface area contributed by atoms with Gasteiger partial charge in [-0.2, -0.15) is 5.26 Å². The van der Waals surface area contributed by atoms with Gasteiger partial charge < -0.3 is 10.5 Å². The summed E-state index contributed by atoms with van der Waals surface area (Å²) in [5, 5.41) is 8.98. The molecule has 0 bridgehead atoms. The van der Waals surface area contributed by atoms with Gasteiger partial charge in [-0.15, -0.1) is 0 Å². The van der Waals surface area contributed by atoms with Crippen LogP contribution in [0.25, 0.3) is 11.1 Å². The molecular formula is C15H14N2O. The van der Waals surface area contributed by atoms with Crippen molar-refractivity contribution >= 4 is 5.69 Å². The molecule has 0 heterocycles. The third kappa shape index (κ3) is 2.01. The van der Waals surface area contributed by atoms with Crippen molar-refractivity contribution in [3.8, 4) is 22.9 Å². The lowest BCUT2D eigenvalue weighted by atomic mass is 9.97. The number of rotatable bonds is 2. The summed E-state index contributed by atoms with van der Waals surface area (Å²) >= 11 is 0. The Morgan fingerprint density at radius 3 is 2.61 bits per heavy atom. The monoisotopic (exact) mass is 238 g/mol. The maximum atomic E-state index is 8.98. The van der Waals surface area contributed by atoms with E-state index < -0.39 is 0 Å². The van der Waals surface area contributed by atoms with Gasteiger partial charge >= 0.3 is 0 Å². The van der Waals surface area contributed by atoms with E-state index in [4.69, 9.17) is 15.7 Å². The van der Waals surface area contributed by atoms with E-state index in [1.165, 1.54) is 0 Å². The molecule has 0 unspecified atom stereocenters. The Balaban J connectivity index is 2.69. The van der Waals surface area contributed by atoms with Gasteiger partial charge in [-0.05, 0) is 42.3 Å². The van der Waals surface area contributed by atoms with E-state index in [9.17, 15) is 0 Å². The average Bonchev–Trinajstić information content (AvgIpc) is 2.41. The Morgan fingerprint density at radius 2 is 1.94 bits per heavy atom. The van der Waals surface area contributed by atoms with E-state index in [1.807, 2.05) is 31.2 Å². The second-order valence-corrected chi connectivity index (χ2v) is 4.05. The summed E-state index contributed by atoms with van der Waals surface area (Å²) in [6.45, 7) is 1.96. The number of nitrogens with zero attached hydrogens (tertiary/aromatic N) is 1. The van der Waals surface area contributed by atoms with Crippen LogP contribution >= 0.6 is 0 Å². The van der Waals surface area contributed by atoms with Crippen molar-refractivity contribution in [2.75, 3.05) is 12.8 Å². The van der Waals surface area contributed by atoms with E-state index in [0.29, 0.717) is 5.56 Å². The number of ether oxygens (including phenoxy) is 1. The molecule has 0 aromatic heterocycles. The number of anilines is 1. The fraction of sp³-hybridized carbons (Fsp3) is 0.133. The predicted molar refractivity (Wildman–Crippen MR) is 72.3 cm³/mol. The van der Waals surface area contributed by atoms with Crippen LogP contribution in [0.1, 0.15) is 11.1 Å². The quantitative estimate of drug-likeness (QED) is 0.818. The van der Waals surface area contributed by atoms with Crippen LogP contribution in [0.15, 0.2) is 36.4 Å². The smallest absolute Gasteiger partial charge is 0.126 e. The minimum Gasteiger partial charge on any atom is -0.496 e. The second-order valence-electron chi connectivity index (χ2n) is 4.05.